The van der Waals surface area contributed by atoms with Gasteiger partial charge in [-0.1, -0.05) is 18.2 Å². The number of piperidine rings is 1. The smallest absolute Gasteiger partial charge is 0.0379 e. The van der Waals surface area contributed by atoms with Crippen molar-refractivity contribution in [3.8, 4) is 0 Å². The van der Waals surface area contributed by atoms with Gasteiger partial charge < -0.3 is 5.32 Å². The number of para-hydroxylation sites is 1. The number of rotatable bonds is 0. The molecule has 0 saturated carbocycles. The minimum Gasteiger partial charge on any atom is -0.384 e. The molecule has 1 saturated heterocycles. The van der Waals surface area contributed by atoms with Gasteiger partial charge in [-0.25, -0.2) is 4.42 Å². The second kappa shape index (κ2) is 3.39. The van der Waals surface area contributed by atoms with E-state index in [0.717, 1.165) is 19.6 Å². The van der Waals surface area contributed by atoms with Crippen LogP contribution in [0.15, 0.2) is 24.3 Å². The molecule has 1 spiro atoms. The zero-order chi connectivity index (χ0) is 10.3. The molecule has 3 rings (SSSR count). The van der Waals surface area contributed by atoms with Gasteiger partial charge in [0.05, 0.1) is 0 Å². The van der Waals surface area contributed by atoms with Crippen LogP contribution in [-0.2, 0) is 5.41 Å². The van der Waals surface area contributed by atoms with Crippen LogP contribution in [0, 0.1) is 0 Å². The maximum absolute atomic E-state index is 6.02. The van der Waals surface area contributed by atoms with Crippen molar-refractivity contribution in [3.63, 3.8) is 0 Å². The number of fused-ring (bicyclic) bond motifs is 2. The van der Waals surface area contributed by atoms with Crippen LogP contribution >= 0.6 is 11.8 Å². The summed E-state index contributed by atoms with van der Waals surface area (Å²) in [7, 11) is 0. The zero-order valence-corrected chi connectivity index (χ0v) is 9.43. The molecule has 1 N–H and O–H groups in total. The molecule has 3 heteroatoms. The van der Waals surface area contributed by atoms with Gasteiger partial charge in [0.15, 0.2) is 0 Å². The lowest BCUT2D eigenvalue weighted by atomic mass is 9.75. The second-order valence-corrected chi connectivity index (χ2v) is 5.07. The summed E-state index contributed by atoms with van der Waals surface area (Å²) in [4.78, 5) is 0. The maximum Gasteiger partial charge on any atom is 0.0379 e. The number of nitrogens with one attached hydrogen (secondary N) is 1. The highest BCUT2D eigenvalue weighted by atomic mass is 35.5. The van der Waals surface area contributed by atoms with E-state index in [4.69, 9.17) is 11.8 Å². The highest BCUT2D eigenvalue weighted by Crippen LogP contribution is 2.43. The van der Waals surface area contributed by atoms with Crippen molar-refractivity contribution in [2.45, 2.75) is 18.3 Å². The van der Waals surface area contributed by atoms with Gasteiger partial charge in [0.2, 0.25) is 0 Å². The van der Waals surface area contributed by atoms with Crippen molar-refractivity contribution in [2.24, 2.45) is 0 Å². The van der Waals surface area contributed by atoms with E-state index in [0.29, 0.717) is 5.41 Å². The van der Waals surface area contributed by atoms with Gasteiger partial charge in [-0.3, -0.25) is 0 Å². The number of nitrogens with zero attached hydrogens (tertiary/aromatic N) is 1. The van der Waals surface area contributed by atoms with Crippen LogP contribution < -0.4 is 5.32 Å². The molecule has 0 radical (unpaired) electrons. The van der Waals surface area contributed by atoms with Crippen LogP contribution in [0.5, 0.6) is 0 Å². The van der Waals surface area contributed by atoms with Crippen molar-refractivity contribution in [2.75, 3.05) is 25.0 Å². The first-order valence-electron chi connectivity index (χ1n) is 5.54. The average Bonchev–Trinajstić information content (AvgIpc) is 2.63. The van der Waals surface area contributed by atoms with Crippen LogP contribution in [0.3, 0.4) is 0 Å². The molecule has 2 nitrogen and oxygen atoms in total. The Morgan fingerprint density at radius 3 is 2.73 bits per heavy atom. The van der Waals surface area contributed by atoms with E-state index in [-0.39, 0.29) is 0 Å². The highest BCUT2D eigenvalue weighted by Gasteiger charge is 2.40. The third-order valence-electron chi connectivity index (χ3n) is 3.78. The molecule has 1 aromatic rings. The Hall–Kier alpha value is -0.730. The van der Waals surface area contributed by atoms with Gasteiger partial charge in [-0.15, -0.1) is 0 Å². The fraction of sp³-hybridized carbons (Fsp3) is 0.500. The molecular formula is C12H15ClN2. The van der Waals surface area contributed by atoms with Crippen molar-refractivity contribution < 1.29 is 0 Å². The number of hydrogen-bond donors (Lipinski definition) is 1. The minimum atomic E-state index is 0.349. The van der Waals surface area contributed by atoms with E-state index >= 15 is 0 Å². The first kappa shape index (κ1) is 9.49. The van der Waals surface area contributed by atoms with Crippen LogP contribution in [0.25, 0.3) is 0 Å². The lowest BCUT2D eigenvalue weighted by Gasteiger charge is -2.36. The molecule has 2 aliphatic heterocycles. The summed E-state index contributed by atoms with van der Waals surface area (Å²) < 4.78 is 1.91. The van der Waals surface area contributed by atoms with Crippen LogP contribution in [0.2, 0.25) is 0 Å². The predicted molar refractivity (Wildman–Crippen MR) is 63.3 cm³/mol. The normalized spacial score (nSPS) is 23.8. The summed E-state index contributed by atoms with van der Waals surface area (Å²) in [5, 5.41) is 3.51. The molecule has 0 unspecified atom stereocenters. The van der Waals surface area contributed by atoms with Crippen molar-refractivity contribution in [1.29, 1.82) is 0 Å². The molecule has 0 atom stereocenters. The molecule has 80 valence electrons. The third kappa shape index (κ3) is 1.44. The van der Waals surface area contributed by atoms with Gasteiger partial charge in [0.25, 0.3) is 0 Å². The van der Waals surface area contributed by atoms with Gasteiger partial charge in [0.1, 0.15) is 0 Å². The standard InChI is InChI=1S/C12H15ClN2/c13-15-7-5-12(6-8-15)9-14-11-4-2-1-3-10(11)12/h1-4,14H,5-9H2. The summed E-state index contributed by atoms with van der Waals surface area (Å²) in [6.07, 6.45) is 2.33. The monoisotopic (exact) mass is 222 g/mol. The number of halogens is 1. The topological polar surface area (TPSA) is 15.3 Å². The summed E-state index contributed by atoms with van der Waals surface area (Å²) >= 11 is 6.02. The Bertz CT molecular complexity index is 370. The summed E-state index contributed by atoms with van der Waals surface area (Å²) in [5.74, 6) is 0. The summed E-state index contributed by atoms with van der Waals surface area (Å²) in [6, 6.07) is 8.68. The largest absolute Gasteiger partial charge is 0.384 e. The molecule has 0 amide bonds. The molecule has 0 bridgehead atoms. The molecule has 0 aliphatic carbocycles. The number of hydrogen-bond acceptors (Lipinski definition) is 2. The van der Waals surface area contributed by atoms with Crippen molar-refractivity contribution >= 4 is 17.5 Å². The molecule has 1 aromatic carbocycles. The van der Waals surface area contributed by atoms with Crippen LogP contribution in [-0.4, -0.2) is 24.1 Å². The van der Waals surface area contributed by atoms with Crippen molar-refractivity contribution in [1.82, 2.24) is 4.42 Å². The zero-order valence-electron chi connectivity index (χ0n) is 8.67. The quantitative estimate of drug-likeness (QED) is 0.679. The predicted octanol–water partition coefficient (Wildman–Crippen LogP) is 2.60. The Balaban J connectivity index is 1.95. The SMILES string of the molecule is ClN1CCC2(CC1)CNc1ccccc12. The van der Waals surface area contributed by atoms with Gasteiger partial charge >= 0.3 is 0 Å². The fourth-order valence-corrected chi connectivity index (χ4v) is 2.98. The van der Waals surface area contributed by atoms with Gasteiger partial charge in [-0.05, 0) is 36.2 Å². The van der Waals surface area contributed by atoms with Crippen molar-refractivity contribution in [3.05, 3.63) is 29.8 Å². The fourth-order valence-electron chi connectivity index (χ4n) is 2.81. The Kier molecular flexibility index (Phi) is 2.15. The Morgan fingerprint density at radius 2 is 1.93 bits per heavy atom. The molecule has 0 aromatic heterocycles. The highest BCUT2D eigenvalue weighted by molar-refractivity contribution is 6.13. The number of anilines is 1. The second-order valence-electron chi connectivity index (χ2n) is 4.59. The van der Waals surface area contributed by atoms with Crippen LogP contribution in [0.4, 0.5) is 5.69 Å². The third-order valence-corrected chi connectivity index (χ3v) is 4.12. The van der Waals surface area contributed by atoms with E-state index in [1.165, 1.54) is 24.1 Å². The number of benzene rings is 1. The summed E-state index contributed by atoms with van der Waals surface area (Å²) in [5.41, 5.74) is 3.16. The van der Waals surface area contributed by atoms with E-state index < -0.39 is 0 Å². The first-order valence-corrected chi connectivity index (χ1v) is 5.88. The maximum atomic E-state index is 6.02. The van der Waals surface area contributed by atoms with E-state index in [2.05, 4.69) is 29.6 Å². The molecule has 1 fully saturated rings. The lowest BCUT2D eigenvalue weighted by Crippen LogP contribution is -2.40. The molecule has 2 heterocycles. The lowest BCUT2D eigenvalue weighted by molar-refractivity contribution is 0.256. The first-order chi connectivity index (χ1) is 7.30. The Morgan fingerprint density at radius 1 is 1.20 bits per heavy atom. The van der Waals surface area contributed by atoms with E-state index in [1.54, 1.807) is 0 Å². The van der Waals surface area contributed by atoms with Gasteiger partial charge in [0, 0.05) is 30.7 Å². The minimum absolute atomic E-state index is 0.349. The van der Waals surface area contributed by atoms with Crippen LogP contribution in [0.1, 0.15) is 18.4 Å². The summed E-state index contributed by atoms with van der Waals surface area (Å²) in [6.45, 7) is 3.08. The molecule has 2 aliphatic rings. The van der Waals surface area contributed by atoms with E-state index in [9.17, 15) is 0 Å². The van der Waals surface area contributed by atoms with Gasteiger partial charge in [-0.2, -0.15) is 0 Å². The molecule has 15 heavy (non-hydrogen) atoms. The van der Waals surface area contributed by atoms with E-state index in [1.807, 2.05) is 4.42 Å². The Labute approximate surface area is 95.3 Å². The average molecular weight is 223 g/mol. The molecular weight excluding hydrogens is 208 g/mol.